The number of benzene rings is 1. The van der Waals surface area contributed by atoms with Gasteiger partial charge in [0.2, 0.25) is 5.91 Å². The number of rotatable bonds is 5. The van der Waals surface area contributed by atoms with E-state index in [1.54, 1.807) is 0 Å². The summed E-state index contributed by atoms with van der Waals surface area (Å²) in [6.07, 6.45) is 0. The van der Waals surface area contributed by atoms with Crippen molar-refractivity contribution in [3.8, 4) is 0 Å². The number of amides is 1. The van der Waals surface area contributed by atoms with Gasteiger partial charge in [0.1, 0.15) is 5.82 Å². The van der Waals surface area contributed by atoms with Crippen LogP contribution in [0, 0.1) is 0 Å². The Kier molecular flexibility index (Phi) is 5.17. The van der Waals surface area contributed by atoms with Gasteiger partial charge in [-0.25, -0.2) is 4.98 Å². The fraction of sp³-hybridized carbons (Fsp3) is 0.375. The molecular formula is C16H20BrN3O. The lowest BCUT2D eigenvalue weighted by Crippen LogP contribution is -2.39. The normalized spacial score (nSPS) is 10.7. The molecule has 0 aliphatic heterocycles. The van der Waals surface area contributed by atoms with Crippen LogP contribution >= 0.6 is 15.9 Å². The largest absolute Gasteiger partial charge is 0.350 e. The summed E-state index contributed by atoms with van der Waals surface area (Å²) >= 11 is 3.52. The Morgan fingerprint density at radius 3 is 2.57 bits per heavy atom. The smallest absolute Gasteiger partial charge is 0.242 e. The lowest BCUT2D eigenvalue weighted by molar-refractivity contribution is -0.129. The molecule has 0 N–H and O–H groups in total. The molecule has 0 radical (unpaired) electrons. The predicted molar refractivity (Wildman–Crippen MR) is 90.6 cm³/mol. The minimum Gasteiger partial charge on any atom is -0.350 e. The number of carbonyl (C=O) groups excluding carboxylic acids is 1. The van der Waals surface area contributed by atoms with E-state index in [9.17, 15) is 4.79 Å². The first-order chi connectivity index (χ1) is 10.1. The number of hydrogen-bond acceptors (Lipinski definition) is 3. The standard InChI is InChI=1S/C16H20BrN3O/c1-4-20(5-2)15(21)11-19(3)14-10-9-12-7-6-8-13(17)16(12)18-14/h6-10H,4-5,11H2,1-3H3. The van der Waals surface area contributed by atoms with Crippen LogP contribution in [0.25, 0.3) is 10.9 Å². The average molecular weight is 350 g/mol. The molecule has 0 spiro atoms. The van der Waals surface area contributed by atoms with Crippen molar-refractivity contribution < 1.29 is 4.79 Å². The highest BCUT2D eigenvalue weighted by atomic mass is 79.9. The van der Waals surface area contributed by atoms with Gasteiger partial charge in [0.05, 0.1) is 12.1 Å². The lowest BCUT2D eigenvalue weighted by Gasteiger charge is -2.24. The first kappa shape index (κ1) is 15.8. The Morgan fingerprint density at radius 1 is 1.19 bits per heavy atom. The number of likely N-dealkylation sites (N-methyl/N-ethyl adjacent to an activating group) is 2. The average Bonchev–Trinajstić information content (AvgIpc) is 2.48. The number of fused-ring (bicyclic) bond motifs is 1. The van der Waals surface area contributed by atoms with E-state index >= 15 is 0 Å². The second-order valence-electron chi connectivity index (χ2n) is 4.90. The Bertz CT molecular complexity index is 640. The zero-order valence-corrected chi connectivity index (χ0v) is 14.2. The van der Waals surface area contributed by atoms with Gasteiger partial charge >= 0.3 is 0 Å². The Labute approximate surface area is 133 Å². The van der Waals surface area contributed by atoms with Gasteiger partial charge in [-0.2, -0.15) is 0 Å². The van der Waals surface area contributed by atoms with Gasteiger partial charge in [0.25, 0.3) is 0 Å². The van der Waals surface area contributed by atoms with Crippen LogP contribution in [0.3, 0.4) is 0 Å². The maximum Gasteiger partial charge on any atom is 0.242 e. The van der Waals surface area contributed by atoms with E-state index in [-0.39, 0.29) is 5.91 Å². The number of halogens is 1. The van der Waals surface area contributed by atoms with Crippen LogP contribution in [0.2, 0.25) is 0 Å². The van der Waals surface area contributed by atoms with Crippen molar-refractivity contribution in [3.63, 3.8) is 0 Å². The van der Waals surface area contributed by atoms with E-state index in [1.165, 1.54) is 0 Å². The number of para-hydroxylation sites is 1. The van der Waals surface area contributed by atoms with E-state index in [1.807, 2.05) is 61.0 Å². The number of pyridine rings is 1. The summed E-state index contributed by atoms with van der Waals surface area (Å²) in [4.78, 5) is 20.5. The molecule has 0 saturated heterocycles. The molecule has 1 aromatic carbocycles. The van der Waals surface area contributed by atoms with Crippen LogP contribution in [-0.2, 0) is 4.79 Å². The highest BCUT2D eigenvalue weighted by molar-refractivity contribution is 9.10. The number of nitrogens with zero attached hydrogens (tertiary/aromatic N) is 3. The quantitative estimate of drug-likeness (QED) is 0.830. The van der Waals surface area contributed by atoms with Crippen molar-refractivity contribution in [2.24, 2.45) is 0 Å². The molecule has 1 heterocycles. The first-order valence-electron chi connectivity index (χ1n) is 7.11. The van der Waals surface area contributed by atoms with E-state index in [0.717, 1.165) is 34.3 Å². The second-order valence-corrected chi connectivity index (χ2v) is 5.76. The Hall–Kier alpha value is -1.62. The zero-order valence-electron chi connectivity index (χ0n) is 12.6. The Morgan fingerprint density at radius 2 is 1.90 bits per heavy atom. The SMILES string of the molecule is CCN(CC)C(=O)CN(C)c1ccc2cccc(Br)c2n1. The monoisotopic (exact) mass is 349 g/mol. The minimum absolute atomic E-state index is 0.122. The van der Waals surface area contributed by atoms with Crippen molar-refractivity contribution in [1.82, 2.24) is 9.88 Å². The van der Waals surface area contributed by atoms with Crippen molar-refractivity contribution >= 4 is 38.6 Å². The third-order valence-electron chi connectivity index (χ3n) is 3.54. The van der Waals surface area contributed by atoms with Gasteiger partial charge in [0.15, 0.2) is 0 Å². The fourth-order valence-electron chi connectivity index (χ4n) is 2.27. The van der Waals surface area contributed by atoms with Crippen LogP contribution in [0.15, 0.2) is 34.8 Å². The lowest BCUT2D eigenvalue weighted by atomic mass is 10.2. The van der Waals surface area contributed by atoms with E-state index in [0.29, 0.717) is 6.54 Å². The molecule has 0 aliphatic carbocycles. The summed E-state index contributed by atoms with van der Waals surface area (Å²) in [5.74, 6) is 0.923. The third kappa shape index (κ3) is 3.53. The molecule has 0 atom stereocenters. The molecule has 1 aromatic heterocycles. The van der Waals surface area contributed by atoms with Crippen molar-refractivity contribution in [2.75, 3.05) is 31.6 Å². The molecule has 2 aromatic rings. The molecule has 0 bridgehead atoms. The molecule has 0 fully saturated rings. The molecule has 2 rings (SSSR count). The molecule has 21 heavy (non-hydrogen) atoms. The van der Waals surface area contributed by atoms with Crippen LogP contribution in [-0.4, -0.2) is 42.5 Å². The van der Waals surface area contributed by atoms with Crippen LogP contribution in [0.4, 0.5) is 5.82 Å². The highest BCUT2D eigenvalue weighted by Crippen LogP contribution is 2.24. The summed E-state index contributed by atoms with van der Waals surface area (Å²) < 4.78 is 0.963. The highest BCUT2D eigenvalue weighted by Gasteiger charge is 2.14. The molecule has 0 unspecified atom stereocenters. The molecule has 1 amide bonds. The van der Waals surface area contributed by atoms with Crippen LogP contribution in [0.1, 0.15) is 13.8 Å². The van der Waals surface area contributed by atoms with Gasteiger partial charge in [-0.3, -0.25) is 4.79 Å². The molecule has 5 heteroatoms. The van der Waals surface area contributed by atoms with Crippen molar-refractivity contribution in [3.05, 3.63) is 34.8 Å². The minimum atomic E-state index is 0.122. The number of anilines is 1. The zero-order chi connectivity index (χ0) is 15.4. The molecule has 112 valence electrons. The number of aromatic nitrogens is 1. The van der Waals surface area contributed by atoms with Crippen LogP contribution < -0.4 is 4.90 Å². The van der Waals surface area contributed by atoms with Gasteiger partial charge in [0, 0.05) is 30.0 Å². The topological polar surface area (TPSA) is 36.4 Å². The molecule has 0 aliphatic rings. The summed E-state index contributed by atoms with van der Waals surface area (Å²) in [6, 6.07) is 9.96. The Balaban J connectivity index is 2.21. The predicted octanol–water partition coefficient (Wildman–Crippen LogP) is 3.30. The second kappa shape index (κ2) is 6.89. The fourth-order valence-corrected chi connectivity index (χ4v) is 2.74. The number of hydrogen-bond donors (Lipinski definition) is 0. The van der Waals surface area contributed by atoms with Crippen molar-refractivity contribution in [1.29, 1.82) is 0 Å². The number of carbonyl (C=O) groups is 1. The molecular weight excluding hydrogens is 330 g/mol. The maximum atomic E-state index is 12.2. The summed E-state index contributed by atoms with van der Waals surface area (Å²) in [5.41, 5.74) is 0.914. The van der Waals surface area contributed by atoms with Crippen LogP contribution in [0.5, 0.6) is 0 Å². The van der Waals surface area contributed by atoms with E-state index < -0.39 is 0 Å². The van der Waals surface area contributed by atoms with Gasteiger partial charge in [-0.05, 0) is 48.0 Å². The molecule has 0 saturated carbocycles. The summed E-state index contributed by atoms with van der Waals surface area (Å²) in [6.45, 7) is 5.80. The summed E-state index contributed by atoms with van der Waals surface area (Å²) in [5, 5.41) is 1.08. The van der Waals surface area contributed by atoms with Gasteiger partial charge in [-0.15, -0.1) is 0 Å². The van der Waals surface area contributed by atoms with E-state index in [2.05, 4.69) is 20.9 Å². The first-order valence-corrected chi connectivity index (χ1v) is 7.90. The van der Waals surface area contributed by atoms with Crippen molar-refractivity contribution in [2.45, 2.75) is 13.8 Å². The molecule has 4 nitrogen and oxygen atoms in total. The third-order valence-corrected chi connectivity index (χ3v) is 4.18. The van der Waals surface area contributed by atoms with Gasteiger partial charge < -0.3 is 9.80 Å². The maximum absolute atomic E-state index is 12.2. The summed E-state index contributed by atoms with van der Waals surface area (Å²) in [7, 11) is 1.90. The van der Waals surface area contributed by atoms with Gasteiger partial charge in [-0.1, -0.05) is 12.1 Å². The van der Waals surface area contributed by atoms with E-state index in [4.69, 9.17) is 0 Å².